The van der Waals surface area contributed by atoms with Crippen LogP contribution in [0.5, 0.6) is 5.75 Å². The maximum atomic E-state index is 9.07. The number of rotatable bonds is 4. The van der Waals surface area contributed by atoms with E-state index in [0.717, 1.165) is 36.0 Å². The zero-order chi connectivity index (χ0) is 13.0. The van der Waals surface area contributed by atoms with Crippen molar-refractivity contribution in [3.8, 4) is 5.75 Å². The molecule has 1 aliphatic rings. The Morgan fingerprint density at radius 3 is 2.67 bits per heavy atom. The molecule has 0 aromatic heterocycles. The van der Waals surface area contributed by atoms with Gasteiger partial charge in [0.05, 0.1) is 6.10 Å². The molecule has 2 heteroatoms. The number of hydrogen-bond donors (Lipinski definition) is 1. The number of ether oxygens (including phenoxy) is 1. The van der Waals surface area contributed by atoms with Gasteiger partial charge in [-0.05, 0) is 49.1 Å². The van der Waals surface area contributed by atoms with Gasteiger partial charge in [0.2, 0.25) is 0 Å². The van der Waals surface area contributed by atoms with E-state index in [1.165, 1.54) is 6.42 Å². The summed E-state index contributed by atoms with van der Waals surface area (Å²) in [6, 6.07) is 8.07. The van der Waals surface area contributed by atoms with Gasteiger partial charge in [-0.2, -0.15) is 0 Å². The van der Waals surface area contributed by atoms with Gasteiger partial charge in [-0.15, -0.1) is 0 Å². The van der Waals surface area contributed by atoms with E-state index in [4.69, 9.17) is 9.84 Å². The zero-order valence-corrected chi connectivity index (χ0v) is 11.4. The molecule has 0 aliphatic heterocycles. The molecule has 3 unspecified atom stereocenters. The van der Waals surface area contributed by atoms with Crippen molar-refractivity contribution in [1.82, 2.24) is 0 Å². The first-order valence-electron chi connectivity index (χ1n) is 7.06. The van der Waals surface area contributed by atoms with Crippen LogP contribution in [0.3, 0.4) is 0 Å². The maximum absolute atomic E-state index is 9.07. The van der Waals surface area contributed by atoms with Crippen LogP contribution in [0, 0.1) is 11.8 Å². The Morgan fingerprint density at radius 2 is 1.94 bits per heavy atom. The van der Waals surface area contributed by atoms with Crippen LogP contribution in [0.2, 0.25) is 0 Å². The molecular formula is C16H24O2. The summed E-state index contributed by atoms with van der Waals surface area (Å²) < 4.78 is 6.15. The zero-order valence-electron chi connectivity index (χ0n) is 11.4. The highest BCUT2D eigenvalue weighted by Gasteiger charge is 2.26. The summed E-state index contributed by atoms with van der Waals surface area (Å²) in [5.41, 5.74) is 1.12. The molecule has 0 radical (unpaired) electrons. The number of benzene rings is 1. The average molecular weight is 248 g/mol. The molecule has 0 bridgehead atoms. The summed E-state index contributed by atoms with van der Waals surface area (Å²) in [5.74, 6) is 2.52. The van der Waals surface area contributed by atoms with Crippen molar-refractivity contribution < 1.29 is 9.84 Å². The van der Waals surface area contributed by atoms with Crippen LogP contribution in [0.4, 0.5) is 0 Å². The van der Waals surface area contributed by atoms with E-state index < -0.39 is 0 Å². The van der Waals surface area contributed by atoms with Crippen LogP contribution in [0.1, 0.15) is 38.7 Å². The predicted molar refractivity (Wildman–Crippen MR) is 73.8 cm³/mol. The van der Waals surface area contributed by atoms with E-state index >= 15 is 0 Å². The van der Waals surface area contributed by atoms with Crippen LogP contribution in [-0.4, -0.2) is 17.8 Å². The summed E-state index contributed by atoms with van der Waals surface area (Å²) in [6.45, 7) is 4.83. The van der Waals surface area contributed by atoms with Gasteiger partial charge < -0.3 is 9.84 Å². The number of hydrogen-bond acceptors (Lipinski definition) is 2. The van der Waals surface area contributed by atoms with Crippen molar-refractivity contribution >= 4 is 0 Å². The lowest BCUT2D eigenvalue weighted by molar-refractivity contribution is 0.0994. The third-order valence-corrected chi connectivity index (χ3v) is 4.20. The second-order valence-electron chi connectivity index (χ2n) is 5.59. The van der Waals surface area contributed by atoms with Gasteiger partial charge in [0, 0.05) is 6.61 Å². The van der Waals surface area contributed by atoms with Crippen LogP contribution in [-0.2, 0) is 6.42 Å². The normalized spacial score (nSPS) is 28.1. The number of aliphatic hydroxyl groups excluding tert-OH is 1. The Balaban J connectivity index is 2.01. The van der Waals surface area contributed by atoms with Gasteiger partial charge in [-0.1, -0.05) is 32.0 Å². The highest BCUT2D eigenvalue weighted by atomic mass is 16.5. The molecule has 0 amide bonds. The molecule has 0 spiro atoms. The summed E-state index contributed by atoms with van der Waals surface area (Å²) in [5, 5.41) is 9.07. The first kappa shape index (κ1) is 13.4. The minimum absolute atomic E-state index is 0.179. The van der Waals surface area contributed by atoms with E-state index in [2.05, 4.69) is 13.8 Å². The lowest BCUT2D eigenvalue weighted by Gasteiger charge is -2.32. The summed E-state index contributed by atoms with van der Waals surface area (Å²) >= 11 is 0. The molecule has 1 fully saturated rings. The fourth-order valence-corrected chi connectivity index (χ4v) is 2.73. The van der Waals surface area contributed by atoms with Crippen molar-refractivity contribution in [2.24, 2.45) is 11.8 Å². The van der Waals surface area contributed by atoms with Gasteiger partial charge in [0.25, 0.3) is 0 Å². The van der Waals surface area contributed by atoms with Crippen LogP contribution >= 0.6 is 0 Å². The molecule has 3 atom stereocenters. The summed E-state index contributed by atoms with van der Waals surface area (Å²) in [6.07, 6.45) is 4.58. The molecular weight excluding hydrogens is 224 g/mol. The smallest absolute Gasteiger partial charge is 0.122 e. The quantitative estimate of drug-likeness (QED) is 0.884. The third kappa shape index (κ3) is 3.26. The Labute approximate surface area is 110 Å². The Morgan fingerprint density at radius 1 is 1.17 bits per heavy atom. The molecule has 2 nitrogen and oxygen atoms in total. The largest absolute Gasteiger partial charge is 0.490 e. The fraction of sp³-hybridized carbons (Fsp3) is 0.625. The predicted octanol–water partition coefficient (Wildman–Crippen LogP) is 3.42. The Kier molecular flexibility index (Phi) is 4.65. The highest BCUT2D eigenvalue weighted by molar-refractivity contribution is 5.33. The molecule has 1 aromatic carbocycles. The number of aliphatic hydroxyl groups is 1. The van der Waals surface area contributed by atoms with Crippen LogP contribution < -0.4 is 4.74 Å². The molecule has 100 valence electrons. The lowest BCUT2D eigenvalue weighted by Crippen LogP contribution is -2.29. The SMILES string of the molecule is CC1CCC(Oc2ccccc2CCO)CC1C. The first-order valence-corrected chi connectivity index (χ1v) is 7.06. The van der Waals surface area contributed by atoms with Crippen LogP contribution in [0.25, 0.3) is 0 Å². The van der Waals surface area contributed by atoms with Crippen molar-refractivity contribution in [1.29, 1.82) is 0 Å². The fourth-order valence-electron chi connectivity index (χ4n) is 2.73. The topological polar surface area (TPSA) is 29.5 Å². The Bertz CT molecular complexity index is 375. The van der Waals surface area contributed by atoms with Crippen molar-refractivity contribution in [3.63, 3.8) is 0 Å². The van der Waals surface area contributed by atoms with E-state index in [0.29, 0.717) is 12.5 Å². The monoisotopic (exact) mass is 248 g/mol. The van der Waals surface area contributed by atoms with Gasteiger partial charge >= 0.3 is 0 Å². The van der Waals surface area contributed by atoms with Gasteiger partial charge in [-0.3, -0.25) is 0 Å². The lowest BCUT2D eigenvalue weighted by atomic mass is 9.80. The molecule has 2 rings (SSSR count). The van der Waals surface area contributed by atoms with Gasteiger partial charge in [0.1, 0.15) is 5.75 Å². The minimum Gasteiger partial charge on any atom is -0.490 e. The molecule has 18 heavy (non-hydrogen) atoms. The summed E-state index contributed by atoms with van der Waals surface area (Å²) in [4.78, 5) is 0. The van der Waals surface area contributed by atoms with E-state index in [-0.39, 0.29) is 6.61 Å². The van der Waals surface area contributed by atoms with Crippen molar-refractivity contribution in [3.05, 3.63) is 29.8 Å². The van der Waals surface area contributed by atoms with Crippen molar-refractivity contribution in [2.45, 2.75) is 45.6 Å². The highest BCUT2D eigenvalue weighted by Crippen LogP contribution is 2.32. The molecule has 1 N–H and O–H groups in total. The van der Waals surface area contributed by atoms with E-state index in [1.807, 2.05) is 24.3 Å². The van der Waals surface area contributed by atoms with Gasteiger partial charge in [-0.25, -0.2) is 0 Å². The second kappa shape index (κ2) is 6.24. The molecule has 1 aromatic rings. The van der Waals surface area contributed by atoms with E-state index in [1.54, 1.807) is 0 Å². The van der Waals surface area contributed by atoms with Crippen LogP contribution in [0.15, 0.2) is 24.3 Å². The standard InChI is InChI=1S/C16H24O2/c1-12-7-8-15(11-13(12)2)18-16-6-4-3-5-14(16)9-10-17/h3-6,12-13,15,17H,7-11H2,1-2H3. The summed E-state index contributed by atoms with van der Waals surface area (Å²) in [7, 11) is 0. The van der Waals surface area contributed by atoms with E-state index in [9.17, 15) is 0 Å². The number of para-hydroxylation sites is 1. The Hall–Kier alpha value is -1.02. The van der Waals surface area contributed by atoms with Crippen molar-refractivity contribution in [2.75, 3.05) is 6.61 Å². The second-order valence-corrected chi connectivity index (χ2v) is 5.59. The molecule has 1 aliphatic carbocycles. The average Bonchev–Trinajstić information content (AvgIpc) is 2.37. The molecule has 0 saturated heterocycles. The van der Waals surface area contributed by atoms with Gasteiger partial charge in [0.15, 0.2) is 0 Å². The molecule has 0 heterocycles. The first-order chi connectivity index (χ1) is 8.70. The minimum atomic E-state index is 0.179. The molecule has 1 saturated carbocycles. The maximum Gasteiger partial charge on any atom is 0.122 e. The third-order valence-electron chi connectivity index (χ3n) is 4.20.